The topological polar surface area (TPSA) is 136 Å². The van der Waals surface area contributed by atoms with E-state index in [0.29, 0.717) is 19.3 Å². The predicted molar refractivity (Wildman–Crippen MR) is 144 cm³/mol. The summed E-state index contributed by atoms with van der Waals surface area (Å²) >= 11 is 0. The van der Waals surface area contributed by atoms with Crippen LogP contribution in [0.4, 0.5) is 0 Å². The molecule has 0 bridgehead atoms. The predicted octanol–water partition coefficient (Wildman–Crippen LogP) is 0.957. The van der Waals surface area contributed by atoms with Gasteiger partial charge in [-0.25, -0.2) is 0 Å². The SMILES string of the molecule is CCCCC[C@H](C)[C@@H]1NC(=O)CN(C)C(=O)[C@H](CC)CC(=O)CN(C)C(=O)[C@H](CC)NC(=O)CN(C)C1=O. The molecule has 0 aromatic rings. The maximum absolute atomic E-state index is 13.4. The summed E-state index contributed by atoms with van der Waals surface area (Å²) in [7, 11) is 4.45. The van der Waals surface area contributed by atoms with Crippen LogP contribution in [0, 0.1) is 11.8 Å². The molecule has 0 unspecified atom stereocenters. The quantitative estimate of drug-likeness (QED) is 0.464. The standard InChI is InChI=1S/C27H47N5O6/c1-8-11-12-13-18(4)24-27(38)32(7)16-22(34)28-21(10-3)26(37)30(5)15-20(33)14-19(9-2)25(36)31(6)17-23(35)29-24/h18-19,21,24H,8-17H2,1-7H3,(H,28,34)(H,29,35)/t18-,19+,21-,24-/m0/s1. The second-order valence-electron chi connectivity index (χ2n) is 10.5. The number of rotatable bonds is 7. The van der Waals surface area contributed by atoms with Gasteiger partial charge in [-0.05, 0) is 25.2 Å². The molecule has 1 rings (SSSR count). The summed E-state index contributed by atoms with van der Waals surface area (Å²) in [6.45, 7) is 6.73. The van der Waals surface area contributed by atoms with Crippen LogP contribution in [-0.4, -0.2) is 103 Å². The zero-order valence-electron chi connectivity index (χ0n) is 24.2. The number of likely N-dealkylation sites (N-methyl/N-ethyl adjacent to an activating group) is 3. The van der Waals surface area contributed by atoms with Gasteiger partial charge in [-0.1, -0.05) is 47.0 Å². The number of hydrogen-bond acceptors (Lipinski definition) is 6. The summed E-state index contributed by atoms with van der Waals surface area (Å²) in [5, 5.41) is 5.45. The van der Waals surface area contributed by atoms with Crippen LogP contribution in [0.15, 0.2) is 0 Å². The number of ketones is 1. The fourth-order valence-corrected chi connectivity index (χ4v) is 4.62. The van der Waals surface area contributed by atoms with Crippen molar-refractivity contribution in [3.63, 3.8) is 0 Å². The Bertz CT molecular complexity index is 861. The Morgan fingerprint density at radius 2 is 1.29 bits per heavy atom. The van der Waals surface area contributed by atoms with E-state index in [1.54, 1.807) is 13.8 Å². The van der Waals surface area contributed by atoms with Gasteiger partial charge in [0.1, 0.15) is 12.1 Å². The Labute approximate surface area is 227 Å². The molecule has 11 nitrogen and oxygen atoms in total. The number of amides is 5. The second kappa shape index (κ2) is 16.1. The van der Waals surface area contributed by atoms with Crippen LogP contribution in [-0.2, 0) is 28.8 Å². The zero-order chi connectivity index (χ0) is 29.0. The highest BCUT2D eigenvalue weighted by Gasteiger charge is 2.33. The molecular formula is C27H47N5O6. The molecule has 1 fully saturated rings. The van der Waals surface area contributed by atoms with Crippen molar-refractivity contribution in [1.29, 1.82) is 0 Å². The summed E-state index contributed by atoms with van der Waals surface area (Å²) in [6, 6.07) is -1.74. The van der Waals surface area contributed by atoms with Crippen LogP contribution in [0.1, 0.15) is 72.6 Å². The van der Waals surface area contributed by atoms with Crippen molar-refractivity contribution in [3.05, 3.63) is 0 Å². The highest BCUT2D eigenvalue weighted by molar-refractivity contribution is 5.95. The molecule has 1 aliphatic rings. The van der Waals surface area contributed by atoms with Gasteiger partial charge in [-0.2, -0.15) is 0 Å². The smallest absolute Gasteiger partial charge is 0.245 e. The Kier molecular flexibility index (Phi) is 14.0. The first-order valence-electron chi connectivity index (χ1n) is 13.7. The average Bonchev–Trinajstić information content (AvgIpc) is 2.86. The number of hydrogen-bond donors (Lipinski definition) is 2. The molecular weight excluding hydrogens is 490 g/mol. The van der Waals surface area contributed by atoms with E-state index in [9.17, 15) is 28.8 Å². The average molecular weight is 538 g/mol. The van der Waals surface area contributed by atoms with Crippen molar-refractivity contribution in [2.24, 2.45) is 11.8 Å². The highest BCUT2D eigenvalue weighted by atomic mass is 16.2. The van der Waals surface area contributed by atoms with Gasteiger partial charge in [0, 0.05) is 33.5 Å². The van der Waals surface area contributed by atoms with E-state index in [4.69, 9.17) is 0 Å². The third-order valence-electron chi connectivity index (χ3n) is 7.08. The largest absolute Gasteiger partial charge is 0.343 e. The molecule has 0 aliphatic carbocycles. The van der Waals surface area contributed by atoms with Gasteiger partial charge in [-0.3, -0.25) is 28.8 Å². The number of unbranched alkanes of at least 4 members (excludes halogenated alkanes) is 2. The third-order valence-corrected chi connectivity index (χ3v) is 7.08. The minimum atomic E-state index is -0.877. The first-order chi connectivity index (χ1) is 17.9. The lowest BCUT2D eigenvalue weighted by Gasteiger charge is -2.30. The normalized spacial score (nSPS) is 24.6. The summed E-state index contributed by atoms with van der Waals surface area (Å²) in [5.74, 6) is -3.31. The molecule has 0 aromatic heterocycles. The van der Waals surface area contributed by atoms with Gasteiger partial charge in [-0.15, -0.1) is 0 Å². The van der Waals surface area contributed by atoms with Gasteiger partial charge < -0.3 is 25.3 Å². The maximum Gasteiger partial charge on any atom is 0.245 e. The number of Topliss-reactive ketones (excluding diaryl/α,β-unsaturated/α-hetero) is 1. The van der Waals surface area contributed by atoms with Crippen molar-refractivity contribution in [3.8, 4) is 0 Å². The van der Waals surface area contributed by atoms with Crippen molar-refractivity contribution in [2.75, 3.05) is 40.8 Å². The Balaban J connectivity index is 3.30. The molecule has 0 saturated carbocycles. The zero-order valence-corrected chi connectivity index (χ0v) is 24.2. The molecule has 0 radical (unpaired) electrons. The van der Waals surface area contributed by atoms with E-state index >= 15 is 0 Å². The van der Waals surface area contributed by atoms with Crippen molar-refractivity contribution in [1.82, 2.24) is 25.3 Å². The van der Waals surface area contributed by atoms with Crippen LogP contribution in [0.5, 0.6) is 0 Å². The number of nitrogens with one attached hydrogen (secondary N) is 2. The Morgan fingerprint density at radius 1 is 0.737 bits per heavy atom. The van der Waals surface area contributed by atoms with Crippen LogP contribution < -0.4 is 10.6 Å². The first-order valence-corrected chi connectivity index (χ1v) is 13.7. The van der Waals surface area contributed by atoms with Crippen LogP contribution in [0.3, 0.4) is 0 Å². The van der Waals surface area contributed by atoms with Crippen molar-refractivity contribution in [2.45, 2.75) is 84.7 Å². The Hall–Kier alpha value is -2.98. The third kappa shape index (κ3) is 10.1. The minimum absolute atomic E-state index is 0.0670. The number of carbonyl (C=O) groups is 6. The summed E-state index contributed by atoms with van der Waals surface area (Å²) in [4.78, 5) is 81.5. The van der Waals surface area contributed by atoms with Gasteiger partial charge >= 0.3 is 0 Å². The van der Waals surface area contributed by atoms with E-state index in [2.05, 4.69) is 17.6 Å². The molecule has 0 aromatic carbocycles. The van der Waals surface area contributed by atoms with E-state index in [-0.39, 0.29) is 43.7 Å². The fraction of sp³-hybridized carbons (Fsp3) is 0.778. The lowest BCUT2D eigenvalue weighted by Crippen LogP contribution is -2.55. The maximum atomic E-state index is 13.4. The molecule has 1 saturated heterocycles. The molecule has 2 N–H and O–H groups in total. The summed E-state index contributed by atoms with van der Waals surface area (Å²) in [6.07, 6.45) is 4.22. The summed E-state index contributed by atoms with van der Waals surface area (Å²) < 4.78 is 0. The lowest BCUT2D eigenvalue weighted by atomic mass is 9.94. The molecule has 38 heavy (non-hydrogen) atoms. The lowest BCUT2D eigenvalue weighted by molar-refractivity contribution is -0.143. The van der Waals surface area contributed by atoms with E-state index < -0.39 is 41.6 Å². The molecule has 216 valence electrons. The molecule has 11 heteroatoms. The summed E-state index contributed by atoms with van der Waals surface area (Å²) in [5.41, 5.74) is 0. The van der Waals surface area contributed by atoms with Gasteiger partial charge in [0.05, 0.1) is 19.6 Å². The molecule has 1 heterocycles. The molecule has 5 amide bonds. The van der Waals surface area contributed by atoms with Gasteiger partial charge in [0.2, 0.25) is 29.5 Å². The number of nitrogens with zero attached hydrogens (tertiary/aromatic N) is 3. The fourth-order valence-electron chi connectivity index (χ4n) is 4.62. The molecule has 4 atom stereocenters. The number of carbonyl (C=O) groups excluding carboxylic acids is 6. The first kappa shape index (κ1) is 33.0. The highest BCUT2D eigenvalue weighted by Crippen LogP contribution is 2.17. The van der Waals surface area contributed by atoms with Crippen molar-refractivity contribution >= 4 is 35.3 Å². The van der Waals surface area contributed by atoms with E-state index in [0.717, 1.165) is 19.3 Å². The van der Waals surface area contributed by atoms with E-state index in [1.165, 1.54) is 35.8 Å². The Morgan fingerprint density at radius 3 is 1.84 bits per heavy atom. The van der Waals surface area contributed by atoms with Gasteiger partial charge in [0.15, 0.2) is 5.78 Å². The monoisotopic (exact) mass is 537 g/mol. The van der Waals surface area contributed by atoms with Crippen LogP contribution >= 0.6 is 0 Å². The van der Waals surface area contributed by atoms with Crippen molar-refractivity contribution < 1.29 is 28.8 Å². The molecule has 1 aliphatic heterocycles. The minimum Gasteiger partial charge on any atom is -0.343 e. The van der Waals surface area contributed by atoms with E-state index in [1.807, 2.05) is 6.92 Å². The van der Waals surface area contributed by atoms with Gasteiger partial charge in [0.25, 0.3) is 0 Å². The van der Waals surface area contributed by atoms with Crippen LogP contribution in [0.2, 0.25) is 0 Å². The van der Waals surface area contributed by atoms with Crippen LogP contribution in [0.25, 0.3) is 0 Å². The second-order valence-corrected chi connectivity index (χ2v) is 10.5. The molecule has 0 spiro atoms.